The van der Waals surface area contributed by atoms with Gasteiger partial charge in [0.2, 0.25) is 0 Å². The molecule has 4 heterocycles. The van der Waals surface area contributed by atoms with Crippen molar-refractivity contribution in [3.63, 3.8) is 0 Å². The Morgan fingerprint density at radius 3 is 0.944 bits per heavy atom. The van der Waals surface area contributed by atoms with E-state index in [-0.39, 0.29) is 0 Å². The minimum absolute atomic E-state index is 0.525. The Morgan fingerprint density at radius 2 is 0.600 bits per heavy atom. The Bertz CT molecular complexity index is 5930. The monoisotopic (exact) mass is 1150 g/mol. The smallest absolute Gasteiger partial charge is 0.195 e. The zero-order valence-electron chi connectivity index (χ0n) is 50.5. The molecule has 0 aliphatic rings. The molecule has 0 saturated heterocycles. The summed E-state index contributed by atoms with van der Waals surface area (Å²) in [5.74, 6) is 0. The summed E-state index contributed by atoms with van der Waals surface area (Å²) in [6.07, 6.45) is 0. The number of nitrogens with zero attached hydrogens (tertiary/aromatic N) is 8. The zero-order valence-corrected chi connectivity index (χ0v) is 50.5. The van der Waals surface area contributed by atoms with Crippen LogP contribution < -0.4 is 0 Å². The molecule has 0 atom stereocenters. The fourth-order valence-electron chi connectivity index (χ4n) is 13.9. The Morgan fingerprint density at radius 1 is 0.289 bits per heavy atom. The third kappa shape index (κ3) is 8.62. The molecule has 4 aromatic heterocycles. The Balaban J connectivity index is 0.000000150. The van der Waals surface area contributed by atoms with Crippen molar-refractivity contribution in [2.45, 2.75) is 41.5 Å². The molecule has 0 aliphatic carbocycles. The van der Waals surface area contributed by atoms with E-state index in [9.17, 15) is 10.5 Å². The van der Waals surface area contributed by atoms with Gasteiger partial charge in [0, 0.05) is 48.7 Å². The van der Waals surface area contributed by atoms with Crippen molar-refractivity contribution in [2.24, 2.45) is 0 Å². The standard InChI is InChI=1S/2C41H28N4/c1-25-13-17-38-34(19-25)31-9-5-7-11-36(31)44(38)40-22-28(24-42)33(30-16-15-29(43-4)21-27(30)3)23-41(40)45-37-12-8-6-10-32(37)35-20-26(2)14-18-39(35)45;1-25-14-17-38-33(19-25)30-9-5-7-11-36(30)44(38)40-22-28(24-42)32(29-16-13-27(3)21-35(29)43-4)23-41(40)45-37-12-8-6-10-31(37)34-20-26(2)15-18-39(34)45/h2*5-23H,1-3H3. The van der Waals surface area contributed by atoms with Crippen LogP contribution in [0.5, 0.6) is 0 Å². The maximum Gasteiger partial charge on any atom is 0.195 e. The van der Waals surface area contributed by atoms with Crippen LogP contribution in [0, 0.1) is 77.3 Å². The molecule has 0 saturated carbocycles. The van der Waals surface area contributed by atoms with Gasteiger partial charge in [-0.1, -0.05) is 167 Å². The lowest BCUT2D eigenvalue weighted by atomic mass is 9.94. The van der Waals surface area contributed by atoms with Crippen LogP contribution in [-0.2, 0) is 0 Å². The summed E-state index contributed by atoms with van der Waals surface area (Å²) in [4.78, 5) is 7.51. The lowest BCUT2D eigenvalue weighted by molar-refractivity contribution is 1.09. The van der Waals surface area contributed by atoms with Gasteiger partial charge in [-0.15, -0.1) is 0 Å². The topological polar surface area (TPSA) is 76.0 Å². The Labute approximate surface area is 521 Å². The molecule has 90 heavy (non-hydrogen) atoms. The highest BCUT2D eigenvalue weighted by molar-refractivity contribution is 6.14. The van der Waals surface area contributed by atoms with Crippen LogP contribution in [0.15, 0.2) is 231 Å². The maximum absolute atomic E-state index is 10.6. The van der Waals surface area contributed by atoms with Crippen molar-refractivity contribution < 1.29 is 0 Å². The number of para-hydroxylation sites is 4. The molecule has 8 heteroatoms. The molecule has 0 aliphatic heterocycles. The molecular weight excluding hydrogens is 1100 g/mol. The summed E-state index contributed by atoms with van der Waals surface area (Å²) in [5, 5.41) is 30.7. The largest absolute Gasteiger partial charge is 0.307 e. The molecule has 0 bridgehead atoms. The highest BCUT2D eigenvalue weighted by Crippen LogP contribution is 2.45. The molecule has 0 radical (unpaired) electrons. The number of aromatic nitrogens is 4. The predicted molar refractivity (Wildman–Crippen MR) is 371 cm³/mol. The number of hydrogen-bond acceptors (Lipinski definition) is 2. The van der Waals surface area contributed by atoms with E-state index in [1.54, 1.807) is 0 Å². The minimum Gasteiger partial charge on any atom is -0.307 e. The normalized spacial score (nSPS) is 11.4. The molecule has 0 N–H and O–H groups in total. The predicted octanol–water partition coefficient (Wildman–Crippen LogP) is 21.8. The van der Waals surface area contributed by atoms with Gasteiger partial charge < -0.3 is 18.3 Å². The van der Waals surface area contributed by atoms with E-state index in [0.717, 1.165) is 106 Å². The third-order valence-corrected chi connectivity index (χ3v) is 17.9. The molecule has 424 valence electrons. The molecule has 0 amide bonds. The summed E-state index contributed by atoms with van der Waals surface area (Å²) in [6.45, 7) is 28.0. The molecule has 16 rings (SSSR count). The van der Waals surface area contributed by atoms with Gasteiger partial charge in [-0.2, -0.15) is 10.5 Å². The highest BCUT2D eigenvalue weighted by atomic mass is 15.1. The van der Waals surface area contributed by atoms with Gasteiger partial charge in [0.25, 0.3) is 0 Å². The van der Waals surface area contributed by atoms with E-state index < -0.39 is 0 Å². The van der Waals surface area contributed by atoms with Crippen molar-refractivity contribution in [3.05, 3.63) is 298 Å². The van der Waals surface area contributed by atoms with Crippen molar-refractivity contribution in [1.82, 2.24) is 18.3 Å². The van der Waals surface area contributed by atoms with Crippen LogP contribution in [0.2, 0.25) is 0 Å². The zero-order chi connectivity index (χ0) is 61.6. The van der Waals surface area contributed by atoms with Gasteiger partial charge in [-0.3, -0.25) is 0 Å². The van der Waals surface area contributed by atoms with Gasteiger partial charge >= 0.3 is 0 Å². The Kier molecular flexibility index (Phi) is 12.9. The van der Waals surface area contributed by atoms with Crippen molar-refractivity contribution in [3.8, 4) is 57.1 Å². The number of rotatable bonds is 6. The first-order valence-electron chi connectivity index (χ1n) is 30.1. The first-order valence-corrected chi connectivity index (χ1v) is 30.1. The lowest BCUT2D eigenvalue weighted by Gasteiger charge is -2.20. The maximum atomic E-state index is 10.6. The van der Waals surface area contributed by atoms with Crippen LogP contribution in [-0.4, -0.2) is 18.3 Å². The number of hydrogen-bond donors (Lipinski definition) is 0. The van der Waals surface area contributed by atoms with Crippen molar-refractivity contribution in [1.29, 1.82) is 10.5 Å². The molecular formula is C82H56N8. The van der Waals surface area contributed by atoms with Gasteiger partial charge in [0.15, 0.2) is 11.4 Å². The second-order valence-corrected chi connectivity index (χ2v) is 23.7. The summed E-state index contributed by atoms with van der Waals surface area (Å²) in [7, 11) is 0. The minimum atomic E-state index is 0.525. The average Bonchev–Trinajstić information content (AvgIpc) is 1.56. The van der Waals surface area contributed by atoms with Crippen LogP contribution in [0.4, 0.5) is 11.4 Å². The van der Waals surface area contributed by atoms with E-state index in [2.05, 4.69) is 250 Å². The summed E-state index contributed by atoms with van der Waals surface area (Å²) in [5.41, 5.74) is 24.8. The quantitative estimate of drug-likeness (QED) is 0.156. The van der Waals surface area contributed by atoms with E-state index in [4.69, 9.17) is 13.1 Å². The van der Waals surface area contributed by atoms with Gasteiger partial charge in [-0.05, 0) is 155 Å². The Hall–Kier alpha value is -12.2. The number of aryl methyl sites for hydroxylation is 6. The first kappa shape index (κ1) is 54.5. The first-order chi connectivity index (χ1) is 43.9. The van der Waals surface area contributed by atoms with Gasteiger partial charge in [0.1, 0.15) is 0 Å². The average molecular weight is 1150 g/mol. The summed E-state index contributed by atoms with van der Waals surface area (Å²) >= 11 is 0. The molecule has 12 aromatic carbocycles. The number of nitriles is 2. The van der Waals surface area contributed by atoms with E-state index in [1.165, 1.54) is 60.0 Å². The van der Waals surface area contributed by atoms with Crippen LogP contribution in [0.1, 0.15) is 44.5 Å². The second-order valence-electron chi connectivity index (χ2n) is 23.7. The molecule has 16 aromatic rings. The van der Waals surface area contributed by atoms with Gasteiger partial charge in [0.05, 0.1) is 103 Å². The van der Waals surface area contributed by atoms with E-state index in [1.807, 2.05) is 62.4 Å². The van der Waals surface area contributed by atoms with Gasteiger partial charge in [-0.25, -0.2) is 9.69 Å². The lowest BCUT2D eigenvalue weighted by Crippen LogP contribution is -2.05. The van der Waals surface area contributed by atoms with E-state index in [0.29, 0.717) is 22.5 Å². The fourth-order valence-corrected chi connectivity index (χ4v) is 13.9. The fraction of sp³-hybridized carbons (Fsp3) is 0.0732. The number of fused-ring (bicyclic) bond motifs is 12. The number of benzene rings is 12. The van der Waals surface area contributed by atoms with Crippen molar-refractivity contribution >= 4 is 98.6 Å². The molecule has 0 unspecified atom stereocenters. The van der Waals surface area contributed by atoms with Crippen LogP contribution in [0.3, 0.4) is 0 Å². The van der Waals surface area contributed by atoms with Crippen LogP contribution in [0.25, 0.3) is 142 Å². The highest BCUT2D eigenvalue weighted by Gasteiger charge is 2.26. The molecule has 0 fully saturated rings. The summed E-state index contributed by atoms with van der Waals surface area (Å²) < 4.78 is 9.28. The van der Waals surface area contributed by atoms with Crippen LogP contribution >= 0.6 is 0 Å². The SMILES string of the molecule is [C-]#[N+]c1cc(C)ccc1-c1cc(-n2c3ccccc3c3cc(C)ccc32)c(-n2c3ccccc3c3cc(C)ccc32)cc1C#N.[C-]#[N+]c1ccc(-c2cc(-n3c4ccccc4c4cc(C)ccc43)c(-n3c4ccccc4c4cc(C)ccc43)cc2C#N)c(C)c1. The molecule has 0 spiro atoms. The third-order valence-electron chi connectivity index (χ3n) is 17.9. The second kappa shape index (κ2) is 21.3. The molecule has 8 nitrogen and oxygen atoms in total. The van der Waals surface area contributed by atoms with Crippen molar-refractivity contribution in [2.75, 3.05) is 0 Å². The van der Waals surface area contributed by atoms with E-state index >= 15 is 0 Å². The summed E-state index contributed by atoms with van der Waals surface area (Å²) in [6, 6.07) is 85.4.